The van der Waals surface area contributed by atoms with Crippen LogP contribution in [0.2, 0.25) is 0 Å². The Morgan fingerprint density at radius 3 is 2.74 bits per heavy atom. The van der Waals surface area contributed by atoms with Crippen LogP contribution in [0, 0.1) is 0 Å². The van der Waals surface area contributed by atoms with Crippen LogP contribution in [0.4, 0.5) is 0 Å². The molecule has 0 saturated heterocycles. The minimum Gasteiger partial charge on any atom is -0.497 e. The minimum absolute atomic E-state index is 0.373. The standard InChI is InChI=1S/C17H18N4OS/c1-22-14-4-2-3-12(7-14)9-21(17(18)23)10-13-5-6-15-16(8-13)20-11-19-15/h2-8,11H,9-10H2,1H3,(H2,18,23)(H,19,20). The highest BCUT2D eigenvalue weighted by Gasteiger charge is 2.10. The molecular formula is C17H18N4OS. The second-order valence-electron chi connectivity index (χ2n) is 5.30. The summed E-state index contributed by atoms with van der Waals surface area (Å²) >= 11 is 5.21. The molecule has 0 amide bonds. The SMILES string of the molecule is COc1cccc(CN(Cc2ccc3nc[nH]c3c2)C(N)=S)c1. The average molecular weight is 326 g/mol. The molecule has 0 aliphatic rings. The Morgan fingerprint density at radius 1 is 1.22 bits per heavy atom. The Kier molecular flexibility index (Phi) is 4.43. The van der Waals surface area contributed by atoms with Gasteiger partial charge in [-0.3, -0.25) is 0 Å². The Hall–Kier alpha value is -2.60. The Labute approximate surface area is 140 Å². The summed E-state index contributed by atoms with van der Waals surface area (Å²) < 4.78 is 5.26. The van der Waals surface area contributed by atoms with Gasteiger partial charge in [0.15, 0.2) is 5.11 Å². The van der Waals surface area contributed by atoms with E-state index in [1.807, 2.05) is 41.3 Å². The number of nitrogens with two attached hydrogens (primary N) is 1. The number of H-pyrrole nitrogens is 1. The van der Waals surface area contributed by atoms with Gasteiger partial charge < -0.3 is 20.4 Å². The van der Waals surface area contributed by atoms with Crippen LogP contribution >= 0.6 is 12.2 Å². The van der Waals surface area contributed by atoms with Crippen molar-refractivity contribution in [2.75, 3.05) is 7.11 Å². The van der Waals surface area contributed by atoms with Crippen LogP contribution in [-0.4, -0.2) is 27.1 Å². The van der Waals surface area contributed by atoms with Crippen molar-refractivity contribution in [3.63, 3.8) is 0 Å². The summed E-state index contributed by atoms with van der Waals surface area (Å²) in [5.41, 5.74) is 10.1. The number of hydrogen-bond acceptors (Lipinski definition) is 3. The zero-order valence-corrected chi connectivity index (χ0v) is 13.6. The lowest BCUT2D eigenvalue weighted by molar-refractivity contribution is 0.400. The first-order valence-electron chi connectivity index (χ1n) is 7.25. The van der Waals surface area contributed by atoms with Gasteiger partial charge in [-0.05, 0) is 47.6 Å². The van der Waals surface area contributed by atoms with Crippen LogP contribution < -0.4 is 10.5 Å². The smallest absolute Gasteiger partial charge is 0.166 e. The van der Waals surface area contributed by atoms with E-state index in [1.165, 1.54) is 0 Å². The van der Waals surface area contributed by atoms with Gasteiger partial charge in [0.2, 0.25) is 0 Å². The van der Waals surface area contributed by atoms with E-state index < -0.39 is 0 Å². The van der Waals surface area contributed by atoms with Crippen molar-refractivity contribution in [3.8, 4) is 5.75 Å². The van der Waals surface area contributed by atoms with Gasteiger partial charge in [-0.1, -0.05) is 18.2 Å². The van der Waals surface area contributed by atoms with E-state index in [4.69, 9.17) is 22.7 Å². The van der Waals surface area contributed by atoms with Crippen LogP contribution in [0.5, 0.6) is 5.75 Å². The number of ether oxygens (including phenoxy) is 1. The number of rotatable bonds is 5. The Bertz CT molecular complexity index is 830. The third-order valence-corrected chi connectivity index (χ3v) is 3.94. The topological polar surface area (TPSA) is 67.2 Å². The van der Waals surface area contributed by atoms with Crippen LogP contribution in [0.1, 0.15) is 11.1 Å². The highest BCUT2D eigenvalue weighted by molar-refractivity contribution is 7.80. The Morgan fingerprint density at radius 2 is 2.00 bits per heavy atom. The first-order chi connectivity index (χ1) is 11.2. The molecule has 1 heterocycles. The van der Waals surface area contributed by atoms with Gasteiger partial charge >= 0.3 is 0 Å². The first kappa shape index (κ1) is 15.3. The lowest BCUT2D eigenvalue weighted by Crippen LogP contribution is -2.34. The molecule has 23 heavy (non-hydrogen) atoms. The lowest BCUT2D eigenvalue weighted by Gasteiger charge is -2.23. The number of benzene rings is 2. The van der Waals surface area contributed by atoms with Gasteiger partial charge in [-0.25, -0.2) is 4.98 Å². The molecule has 0 aliphatic carbocycles. The molecule has 118 valence electrons. The number of aromatic nitrogens is 2. The molecule has 3 aromatic rings. The molecule has 0 fully saturated rings. The number of methoxy groups -OCH3 is 1. The fraction of sp³-hybridized carbons (Fsp3) is 0.176. The fourth-order valence-electron chi connectivity index (χ4n) is 2.50. The van der Waals surface area contributed by atoms with Gasteiger partial charge in [0.05, 0.1) is 24.5 Å². The van der Waals surface area contributed by atoms with E-state index >= 15 is 0 Å². The molecule has 6 heteroatoms. The van der Waals surface area contributed by atoms with Crippen LogP contribution in [0.3, 0.4) is 0 Å². The molecule has 5 nitrogen and oxygen atoms in total. The number of nitrogens with one attached hydrogen (secondary N) is 1. The summed E-state index contributed by atoms with van der Waals surface area (Å²) in [6.07, 6.45) is 1.69. The quantitative estimate of drug-likeness (QED) is 0.706. The van der Waals surface area contributed by atoms with Crippen molar-refractivity contribution in [2.24, 2.45) is 5.73 Å². The molecule has 0 spiro atoms. The van der Waals surface area contributed by atoms with Gasteiger partial charge in [-0.2, -0.15) is 0 Å². The monoisotopic (exact) mass is 326 g/mol. The van der Waals surface area contributed by atoms with Crippen molar-refractivity contribution in [3.05, 3.63) is 59.9 Å². The van der Waals surface area contributed by atoms with Gasteiger partial charge in [0, 0.05) is 13.1 Å². The molecule has 0 bridgehead atoms. The summed E-state index contributed by atoms with van der Waals surface area (Å²) in [6.45, 7) is 1.27. The van der Waals surface area contributed by atoms with Crippen LogP contribution in [-0.2, 0) is 13.1 Å². The van der Waals surface area contributed by atoms with E-state index in [0.29, 0.717) is 18.2 Å². The average Bonchev–Trinajstić information content (AvgIpc) is 3.02. The molecular weight excluding hydrogens is 308 g/mol. The maximum absolute atomic E-state index is 5.90. The normalized spacial score (nSPS) is 10.7. The molecule has 1 aromatic heterocycles. The number of imidazole rings is 1. The van der Waals surface area contributed by atoms with Crippen molar-refractivity contribution in [2.45, 2.75) is 13.1 Å². The maximum Gasteiger partial charge on any atom is 0.166 e. The van der Waals surface area contributed by atoms with E-state index in [1.54, 1.807) is 13.4 Å². The number of fused-ring (bicyclic) bond motifs is 1. The van der Waals surface area contributed by atoms with Crippen molar-refractivity contribution in [1.82, 2.24) is 14.9 Å². The van der Waals surface area contributed by atoms with Gasteiger partial charge in [0.1, 0.15) is 5.75 Å². The summed E-state index contributed by atoms with van der Waals surface area (Å²) in [7, 11) is 1.66. The molecule has 0 saturated carbocycles. The first-order valence-corrected chi connectivity index (χ1v) is 7.66. The second-order valence-corrected chi connectivity index (χ2v) is 5.72. The molecule has 2 aromatic carbocycles. The largest absolute Gasteiger partial charge is 0.497 e. The molecule has 0 radical (unpaired) electrons. The minimum atomic E-state index is 0.373. The highest BCUT2D eigenvalue weighted by atomic mass is 32.1. The number of hydrogen-bond donors (Lipinski definition) is 2. The van der Waals surface area contributed by atoms with E-state index in [-0.39, 0.29) is 0 Å². The van der Waals surface area contributed by atoms with Gasteiger partial charge in [0.25, 0.3) is 0 Å². The zero-order valence-electron chi connectivity index (χ0n) is 12.8. The summed E-state index contributed by atoms with van der Waals surface area (Å²) in [5, 5.41) is 0.373. The van der Waals surface area contributed by atoms with Crippen molar-refractivity contribution >= 4 is 28.4 Å². The summed E-state index contributed by atoms with van der Waals surface area (Å²) in [5.74, 6) is 0.823. The molecule has 3 rings (SSSR count). The fourth-order valence-corrected chi connectivity index (χ4v) is 2.63. The number of thiocarbonyl (C=S) groups is 1. The summed E-state index contributed by atoms with van der Waals surface area (Å²) in [6, 6.07) is 14.0. The van der Waals surface area contributed by atoms with Crippen LogP contribution in [0.25, 0.3) is 11.0 Å². The Balaban J connectivity index is 1.79. The third-order valence-electron chi connectivity index (χ3n) is 3.68. The van der Waals surface area contributed by atoms with Crippen molar-refractivity contribution < 1.29 is 4.74 Å². The van der Waals surface area contributed by atoms with E-state index in [9.17, 15) is 0 Å². The molecule has 0 unspecified atom stereocenters. The van der Waals surface area contributed by atoms with Crippen molar-refractivity contribution in [1.29, 1.82) is 0 Å². The number of aromatic amines is 1. The second kappa shape index (κ2) is 6.66. The highest BCUT2D eigenvalue weighted by Crippen LogP contribution is 2.17. The predicted molar refractivity (Wildman–Crippen MR) is 95.1 cm³/mol. The predicted octanol–water partition coefficient (Wildman–Crippen LogP) is 2.82. The maximum atomic E-state index is 5.90. The third kappa shape index (κ3) is 3.60. The van der Waals surface area contributed by atoms with E-state index in [2.05, 4.69) is 16.0 Å². The molecule has 0 aliphatic heterocycles. The number of nitrogens with zero attached hydrogens (tertiary/aromatic N) is 2. The van der Waals surface area contributed by atoms with Crippen LogP contribution in [0.15, 0.2) is 48.8 Å². The lowest BCUT2D eigenvalue weighted by atomic mass is 10.1. The summed E-state index contributed by atoms with van der Waals surface area (Å²) in [4.78, 5) is 9.30. The molecule has 0 atom stereocenters. The molecule has 3 N–H and O–H groups in total. The zero-order chi connectivity index (χ0) is 16.2. The van der Waals surface area contributed by atoms with E-state index in [0.717, 1.165) is 27.9 Å². The van der Waals surface area contributed by atoms with Gasteiger partial charge in [-0.15, -0.1) is 0 Å².